The summed E-state index contributed by atoms with van der Waals surface area (Å²) in [6.07, 6.45) is 10.6. The van der Waals surface area contributed by atoms with Crippen LogP contribution in [0.4, 0.5) is 0 Å². The van der Waals surface area contributed by atoms with Crippen LogP contribution in [0.25, 0.3) is 0 Å². The molecule has 1 heteroatoms. The minimum absolute atomic E-state index is 0.397. The van der Waals surface area contributed by atoms with E-state index in [2.05, 4.69) is 42.6 Å². The number of allylic oxidation sites excluding steroid dienone is 4. The van der Waals surface area contributed by atoms with E-state index in [1.165, 1.54) is 5.57 Å². The van der Waals surface area contributed by atoms with E-state index in [9.17, 15) is 0 Å². The molecule has 54 valence electrons. The maximum absolute atomic E-state index is 3.16. The highest BCUT2D eigenvalue weighted by molar-refractivity contribution is 5.28. The Hall–Kier alpha value is -0.820. The molecule has 0 aromatic rings. The fourth-order valence-electron chi connectivity index (χ4n) is 0.895. The minimum atomic E-state index is 0.397. The topological polar surface area (TPSA) is 12.0 Å². The lowest BCUT2D eigenvalue weighted by molar-refractivity contribution is 0.791. The normalized spacial score (nSPS) is 24.2. The summed E-state index contributed by atoms with van der Waals surface area (Å²) in [6, 6.07) is 0.397. The van der Waals surface area contributed by atoms with Crippen LogP contribution in [-0.2, 0) is 0 Å². The summed E-state index contributed by atoms with van der Waals surface area (Å²) in [7, 11) is 1.96. The molecule has 0 bridgehead atoms. The van der Waals surface area contributed by atoms with E-state index in [1.807, 2.05) is 7.05 Å². The van der Waals surface area contributed by atoms with Gasteiger partial charge in [0.15, 0.2) is 0 Å². The molecule has 0 radical (unpaired) electrons. The van der Waals surface area contributed by atoms with Gasteiger partial charge in [0.2, 0.25) is 0 Å². The Balaban J connectivity index is 2.68. The Kier molecular flexibility index (Phi) is 2.46. The van der Waals surface area contributed by atoms with Crippen molar-refractivity contribution in [3.8, 4) is 0 Å². The highest BCUT2D eigenvalue weighted by Crippen LogP contribution is 2.02. The van der Waals surface area contributed by atoms with Gasteiger partial charge in [0, 0.05) is 6.04 Å². The van der Waals surface area contributed by atoms with Crippen LogP contribution < -0.4 is 5.32 Å². The van der Waals surface area contributed by atoms with Gasteiger partial charge in [-0.2, -0.15) is 0 Å². The molecule has 0 aliphatic heterocycles. The smallest absolute Gasteiger partial charge is 0.0439 e. The first kappa shape index (κ1) is 7.29. The Morgan fingerprint density at radius 2 is 2.20 bits per heavy atom. The lowest BCUT2D eigenvalue weighted by Gasteiger charge is -2.02. The second-order valence-electron chi connectivity index (χ2n) is 2.47. The standard InChI is InChI=1S/C9H13N/c1-8-4-3-5-9(10-2)7-6-8/h3-7,9-10H,1-2H3. The van der Waals surface area contributed by atoms with Gasteiger partial charge in [-0.3, -0.25) is 0 Å². The quantitative estimate of drug-likeness (QED) is 0.576. The predicted molar refractivity (Wildman–Crippen MR) is 44.9 cm³/mol. The van der Waals surface area contributed by atoms with Gasteiger partial charge in [-0.15, -0.1) is 0 Å². The van der Waals surface area contributed by atoms with E-state index < -0.39 is 0 Å². The van der Waals surface area contributed by atoms with Crippen LogP contribution in [0.1, 0.15) is 6.92 Å². The molecule has 0 spiro atoms. The molecule has 1 nitrogen and oxygen atoms in total. The molecule has 0 aromatic heterocycles. The van der Waals surface area contributed by atoms with Gasteiger partial charge in [-0.1, -0.05) is 36.0 Å². The molecule has 10 heavy (non-hydrogen) atoms. The van der Waals surface area contributed by atoms with Crippen molar-refractivity contribution < 1.29 is 0 Å². The van der Waals surface area contributed by atoms with Crippen LogP contribution in [0, 0.1) is 0 Å². The van der Waals surface area contributed by atoms with Gasteiger partial charge in [0.25, 0.3) is 0 Å². The lowest BCUT2D eigenvalue weighted by Crippen LogP contribution is -2.19. The van der Waals surface area contributed by atoms with Crippen molar-refractivity contribution in [2.24, 2.45) is 0 Å². The number of hydrogen-bond donors (Lipinski definition) is 1. The molecule has 0 aromatic carbocycles. The molecule has 1 unspecified atom stereocenters. The molecular weight excluding hydrogens is 122 g/mol. The highest BCUT2D eigenvalue weighted by Gasteiger charge is 1.95. The van der Waals surface area contributed by atoms with Crippen molar-refractivity contribution in [2.45, 2.75) is 13.0 Å². The van der Waals surface area contributed by atoms with Gasteiger partial charge in [0.05, 0.1) is 0 Å². The van der Waals surface area contributed by atoms with E-state index >= 15 is 0 Å². The third-order valence-electron chi connectivity index (χ3n) is 1.58. The third kappa shape index (κ3) is 1.85. The minimum Gasteiger partial charge on any atom is -0.310 e. The second-order valence-corrected chi connectivity index (χ2v) is 2.47. The van der Waals surface area contributed by atoms with Crippen LogP contribution in [0.3, 0.4) is 0 Å². The number of nitrogens with one attached hydrogen (secondary N) is 1. The summed E-state index contributed by atoms with van der Waals surface area (Å²) < 4.78 is 0. The SMILES string of the molecule is CNC1C=CC=C(C)C=C1. The van der Waals surface area contributed by atoms with Crippen molar-refractivity contribution in [3.63, 3.8) is 0 Å². The first-order valence-electron chi connectivity index (χ1n) is 3.53. The second kappa shape index (κ2) is 3.37. The van der Waals surface area contributed by atoms with E-state index in [1.54, 1.807) is 0 Å². The predicted octanol–water partition coefficient (Wildman–Crippen LogP) is 1.65. The Bertz CT molecular complexity index is 187. The summed E-state index contributed by atoms with van der Waals surface area (Å²) in [5.74, 6) is 0. The van der Waals surface area contributed by atoms with Gasteiger partial charge >= 0.3 is 0 Å². The van der Waals surface area contributed by atoms with Crippen molar-refractivity contribution >= 4 is 0 Å². The van der Waals surface area contributed by atoms with Gasteiger partial charge in [0.1, 0.15) is 0 Å². The molecule has 1 aliphatic rings. The van der Waals surface area contributed by atoms with E-state index in [4.69, 9.17) is 0 Å². The molecule has 0 fully saturated rings. The molecule has 1 N–H and O–H groups in total. The summed E-state index contributed by atoms with van der Waals surface area (Å²) in [5, 5.41) is 3.16. The first-order valence-corrected chi connectivity index (χ1v) is 3.53. The maximum Gasteiger partial charge on any atom is 0.0439 e. The molecule has 0 saturated heterocycles. The fraction of sp³-hybridized carbons (Fsp3) is 0.333. The Morgan fingerprint density at radius 3 is 2.90 bits per heavy atom. The molecular formula is C9H13N. The Labute approximate surface area is 62.1 Å². The zero-order valence-corrected chi connectivity index (χ0v) is 6.46. The average Bonchev–Trinajstić information content (AvgIpc) is 2.14. The average molecular weight is 135 g/mol. The monoisotopic (exact) mass is 135 g/mol. The molecule has 1 rings (SSSR count). The van der Waals surface area contributed by atoms with Gasteiger partial charge < -0.3 is 5.32 Å². The van der Waals surface area contributed by atoms with Crippen molar-refractivity contribution in [1.29, 1.82) is 0 Å². The van der Waals surface area contributed by atoms with Gasteiger partial charge in [-0.05, 0) is 14.0 Å². The van der Waals surface area contributed by atoms with Crippen molar-refractivity contribution in [2.75, 3.05) is 7.05 Å². The molecule has 0 saturated carbocycles. The summed E-state index contributed by atoms with van der Waals surface area (Å²) in [5.41, 5.74) is 1.30. The first-order chi connectivity index (χ1) is 4.83. The van der Waals surface area contributed by atoms with Crippen LogP contribution in [-0.4, -0.2) is 13.1 Å². The molecule has 0 heterocycles. The zero-order chi connectivity index (χ0) is 7.40. The number of likely N-dealkylation sites (N-methyl/N-ethyl adjacent to an activating group) is 1. The fourth-order valence-corrected chi connectivity index (χ4v) is 0.895. The molecule has 1 aliphatic carbocycles. The van der Waals surface area contributed by atoms with Gasteiger partial charge in [-0.25, -0.2) is 0 Å². The van der Waals surface area contributed by atoms with E-state index in [0.717, 1.165) is 0 Å². The van der Waals surface area contributed by atoms with Crippen molar-refractivity contribution in [1.82, 2.24) is 5.32 Å². The zero-order valence-electron chi connectivity index (χ0n) is 6.46. The summed E-state index contributed by atoms with van der Waals surface area (Å²) >= 11 is 0. The lowest BCUT2D eigenvalue weighted by atomic mass is 10.2. The Morgan fingerprint density at radius 1 is 1.40 bits per heavy atom. The largest absolute Gasteiger partial charge is 0.310 e. The highest BCUT2D eigenvalue weighted by atomic mass is 14.8. The third-order valence-corrected chi connectivity index (χ3v) is 1.58. The van der Waals surface area contributed by atoms with E-state index in [0.29, 0.717) is 6.04 Å². The van der Waals surface area contributed by atoms with E-state index in [-0.39, 0.29) is 0 Å². The summed E-state index contributed by atoms with van der Waals surface area (Å²) in [4.78, 5) is 0. The number of hydrogen-bond acceptors (Lipinski definition) is 1. The maximum atomic E-state index is 3.16. The van der Waals surface area contributed by atoms with Crippen LogP contribution in [0.2, 0.25) is 0 Å². The molecule has 0 amide bonds. The van der Waals surface area contributed by atoms with Crippen LogP contribution in [0.5, 0.6) is 0 Å². The van der Waals surface area contributed by atoms with Crippen molar-refractivity contribution in [3.05, 3.63) is 36.0 Å². The summed E-state index contributed by atoms with van der Waals surface area (Å²) in [6.45, 7) is 2.10. The van der Waals surface area contributed by atoms with Crippen LogP contribution >= 0.6 is 0 Å². The molecule has 1 atom stereocenters. The van der Waals surface area contributed by atoms with Crippen LogP contribution in [0.15, 0.2) is 36.0 Å². The number of rotatable bonds is 1.